The molecule has 3 rings (SSSR count). The number of rotatable bonds is 4. The monoisotopic (exact) mass is 360 g/mol. The summed E-state index contributed by atoms with van der Waals surface area (Å²) in [4.78, 5) is 14.0. The molecule has 0 radical (unpaired) electrons. The average Bonchev–Trinajstić information content (AvgIpc) is 2.84. The number of carbonyl (C=O) groups is 1. The molecule has 1 heterocycles. The lowest BCUT2D eigenvalue weighted by Gasteiger charge is -2.13. The molecule has 0 saturated carbocycles. The van der Waals surface area contributed by atoms with Gasteiger partial charge in [0.2, 0.25) is 0 Å². The van der Waals surface area contributed by atoms with Gasteiger partial charge in [0, 0.05) is 0 Å². The Morgan fingerprint density at radius 2 is 1.76 bits per heavy atom. The number of carbonyl (C=O) groups excluding carboxylic acids is 1. The highest BCUT2D eigenvalue weighted by Gasteiger charge is 2.31. The Hall–Kier alpha value is -2.80. The molecule has 1 saturated heterocycles. The number of aryl methyl sites for hydroxylation is 1. The fraction of sp³-hybridized carbons (Fsp3) is 0.111. The maximum atomic E-state index is 12.6. The molecule has 0 bridgehead atoms. The first-order valence-corrected chi connectivity index (χ1v) is 7.83. The number of halogens is 2. The normalized spacial score (nSPS) is 15.8. The smallest absolute Gasteiger partial charge is 0.387 e. The van der Waals surface area contributed by atoms with Crippen molar-refractivity contribution in [2.24, 2.45) is 0 Å². The number of ether oxygens (including phenoxy) is 1. The highest BCUT2D eigenvalue weighted by Crippen LogP contribution is 2.23. The van der Waals surface area contributed by atoms with Crippen LogP contribution in [0.25, 0.3) is 6.08 Å². The lowest BCUT2D eigenvalue weighted by molar-refractivity contribution is -0.113. The Kier molecular flexibility index (Phi) is 4.76. The third-order valence-corrected chi connectivity index (χ3v) is 3.87. The van der Waals surface area contributed by atoms with Gasteiger partial charge in [-0.15, -0.1) is 0 Å². The van der Waals surface area contributed by atoms with Crippen LogP contribution in [0.3, 0.4) is 0 Å². The number of hydrogen-bond donors (Lipinski definition) is 1. The van der Waals surface area contributed by atoms with E-state index >= 15 is 0 Å². The lowest BCUT2D eigenvalue weighted by atomic mass is 10.1. The van der Waals surface area contributed by atoms with Gasteiger partial charge >= 0.3 is 6.61 Å². The van der Waals surface area contributed by atoms with E-state index < -0.39 is 6.61 Å². The quantitative estimate of drug-likeness (QED) is 0.664. The van der Waals surface area contributed by atoms with Crippen LogP contribution in [0.4, 0.5) is 14.5 Å². The Morgan fingerprint density at radius 1 is 1.12 bits per heavy atom. The number of alkyl halides is 2. The topological polar surface area (TPSA) is 41.6 Å². The maximum absolute atomic E-state index is 12.6. The molecule has 0 aromatic heterocycles. The Balaban J connectivity index is 1.81. The SMILES string of the molecule is Cc1ccc(N2C(=O)/C(=C/c3ccc(OC(F)F)cc3)NC2=S)cc1. The van der Waals surface area contributed by atoms with E-state index in [9.17, 15) is 13.6 Å². The molecule has 1 aliphatic heterocycles. The molecule has 1 aliphatic rings. The molecule has 1 amide bonds. The Labute approximate surface area is 148 Å². The van der Waals surface area contributed by atoms with E-state index in [-0.39, 0.29) is 16.8 Å². The molecule has 1 fully saturated rings. The van der Waals surface area contributed by atoms with Crippen LogP contribution >= 0.6 is 12.2 Å². The number of nitrogens with one attached hydrogen (secondary N) is 1. The summed E-state index contributed by atoms with van der Waals surface area (Å²) in [6.07, 6.45) is 1.61. The summed E-state index contributed by atoms with van der Waals surface area (Å²) in [5.74, 6) is -0.221. The fourth-order valence-corrected chi connectivity index (χ4v) is 2.67. The van der Waals surface area contributed by atoms with Crippen molar-refractivity contribution in [2.75, 3.05) is 4.90 Å². The number of amides is 1. The number of anilines is 1. The van der Waals surface area contributed by atoms with E-state index in [1.165, 1.54) is 17.0 Å². The largest absolute Gasteiger partial charge is 0.435 e. The second-order valence-corrected chi connectivity index (χ2v) is 5.80. The van der Waals surface area contributed by atoms with Crippen LogP contribution in [-0.4, -0.2) is 17.6 Å². The van der Waals surface area contributed by atoms with Crippen molar-refractivity contribution in [1.82, 2.24) is 5.32 Å². The van der Waals surface area contributed by atoms with Crippen LogP contribution in [-0.2, 0) is 4.79 Å². The standard InChI is InChI=1S/C18H14F2N2O2S/c1-11-2-6-13(7-3-11)22-16(23)15(21-18(22)25)10-12-4-8-14(9-5-12)24-17(19)20/h2-10,17H,1H3,(H,21,25)/b15-10-. The molecule has 1 N–H and O–H groups in total. The van der Waals surface area contributed by atoms with E-state index in [1.54, 1.807) is 18.2 Å². The average molecular weight is 360 g/mol. The Bertz CT molecular complexity index is 833. The molecule has 0 aliphatic carbocycles. The summed E-state index contributed by atoms with van der Waals surface area (Å²) in [5.41, 5.74) is 2.73. The predicted molar refractivity (Wildman–Crippen MR) is 95.4 cm³/mol. The number of thiocarbonyl (C=S) groups is 1. The van der Waals surface area contributed by atoms with E-state index in [2.05, 4.69) is 10.1 Å². The van der Waals surface area contributed by atoms with E-state index in [0.717, 1.165) is 5.56 Å². The van der Waals surface area contributed by atoms with Crippen molar-refractivity contribution in [3.05, 3.63) is 65.4 Å². The van der Waals surface area contributed by atoms with E-state index in [0.29, 0.717) is 16.9 Å². The fourth-order valence-electron chi connectivity index (χ4n) is 2.38. The second kappa shape index (κ2) is 6.98. The molecule has 0 unspecified atom stereocenters. The van der Waals surface area contributed by atoms with Crippen molar-refractivity contribution in [2.45, 2.75) is 13.5 Å². The highest BCUT2D eigenvalue weighted by atomic mass is 32.1. The number of hydrogen-bond acceptors (Lipinski definition) is 3. The van der Waals surface area contributed by atoms with Crippen molar-refractivity contribution < 1.29 is 18.3 Å². The molecule has 7 heteroatoms. The minimum Gasteiger partial charge on any atom is -0.435 e. The van der Waals surface area contributed by atoms with Gasteiger partial charge < -0.3 is 10.1 Å². The summed E-state index contributed by atoms with van der Waals surface area (Å²) in [5, 5.41) is 3.17. The van der Waals surface area contributed by atoms with Crippen LogP contribution in [0.1, 0.15) is 11.1 Å². The zero-order valence-electron chi connectivity index (χ0n) is 13.2. The minimum atomic E-state index is -2.87. The van der Waals surface area contributed by atoms with Crippen molar-refractivity contribution in [1.29, 1.82) is 0 Å². The maximum Gasteiger partial charge on any atom is 0.387 e. The summed E-state index contributed by atoms with van der Waals surface area (Å²) < 4.78 is 28.6. The number of nitrogens with zero attached hydrogens (tertiary/aromatic N) is 1. The molecular formula is C18H14F2N2O2S. The molecule has 0 spiro atoms. The Morgan fingerprint density at radius 3 is 2.36 bits per heavy atom. The first-order chi connectivity index (χ1) is 11.9. The van der Waals surface area contributed by atoms with Crippen LogP contribution in [0.15, 0.2) is 54.2 Å². The van der Waals surface area contributed by atoms with Gasteiger partial charge in [-0.2, -0.15) is 8.78 Å². The third-order valence-electron chi connectivity index (χ3n) is 3.59. The summed E-state index contributed by atoms with van der Waals surface area (Å²) in [7, 11) is 0. The van der Waals surface area contributed by atoms with Crippen LogP contribution < -0.4 is 15.0 Å². The molecule has 25 heavy (non-hydrogen) atoms. The van der Waals surface area contributed by atoms with Gasteiger partial charge in [-0.1, -0.05) is 29.8 Å². The van der Waals surface area contributed by atoms with Crippen LogP contribution in [0.2, 0.25) is 0 Å². The van der Waals surface area contributed by atoms with E-state index in [1.807, 2.05) is 31.2 Å². The minimum absolute atomic E-state index is 0.0552. The zero-order valence-corrected chi connectivity index (χ0v) is 14.0. The van der Waals surface area contributed by atoms with Crippen LogP contribution in [0, 0.1) is 6.92 Å². The first-order valence-electron chi connectivity index (χ1n) is 7.43. The molecule has 2 aromatic carbocycles. The molecule has 128 valence electrons. The molecule has 4 nitrogen and oxygen atoms in total. The van der Waals surface area contributed by atoms with Gasteiger partial charge in [0.05, 0.1) is 5.69 Å². The molecule has 0 atom stereocenters. The second-order valence-electron chi connectivity index (χ2n) is 5.41. The van der Waals surface area contributed by atoms with Gasteiger partial charge in [-0.25, -0.2) is 0 Å². The third kappa shape index (κ3) is 3.83. The van der Waals surface area contributed by atoms with Crippen molar-refractivity contribution in [3.8, 4) is 5.75 Å². The van der Waals surface area contributed by atoms with Gasteiger partial charge in [0.1, 0.15) is 11.4 Å². The predicted octanol–water partition coefficient (Wildman–Crippen LogP) is 3.86. The summed E-state index contributed by atoms with van der Waals surface area (Å²) in [6.45, 7) is -0.915. The molecule has 2 aromatic rings. The van der Waals surface area contributed by atoms with E-state index in [4.69, 9.17) is 12.2 Å². The zero-order chi connectivity index (χ0) is 18.0. The number of benzene rings is 2. The van der Waals surface area contributed by atoms with Gasteiger partial charge in [-0.05, 0) is 55.0 Å². The lowest BCUT2D eigenvalue weighted by Crippen LogP contribution is -2.30. The van der Waals surface area contributed by atoms with Gasteiger partial charge in [0.15, 0.2) is 5.11 Å². The first kappa shape index (κ1) is 17.0. The van der Waals surface area contributed by atoms with Gasteiger partial charge in [0.25, 0.3) is 5.91 Å². The summed E-state index contributed by atoms with van der Waals surface area (Å²) in [6, 6.07) is 13.4. The molecular weight excluding hydrogens is 346 g/mol. The van der Waals surface area contributed by atoms with Crippen molar-refractivity contribution >= 4 is 35.0 Å². The summed E-state index contributed by atoms with van der Waals surface area (Å²) >= 11 is 5.24. The van der Waals surface area contributed by atoms with Crippen LogP contribution in [0.5, 0.6) is 5.75 Å². The highest BCUT2D eigenvalue weighted by molar-refractivity contribution is 7.80. The van der Waals surface area contributed by atoms with Gasteiger partial charge in [-0.3, -0.25) is 9.69 Å². The van der Waals surface area contributed by atoms with Crippen molar-refractivity contribution in [3.63, 3.8) is 0 Å².